The summed E-state index contributed by atoms with van der Waals surface area (Å²) in [6, 6.07) is 0. The molecule has 0 fully saturated rings. The van der Waals surface area contributed by atoms with Gasteiger partial charge in [-0.2, -0.15) is 0 Å². The third kappa shape index (κ3) is 10.7. The minimum absolute atomic E-state index is 0.0665. The standard InChI is InChI=1S/C8H18INO/c1-7(2,10)5-6-11-8(3,4)9/h5-6,10H2,1-4H3. The lowest BCUT2D eigenvalue weighted by Crippen LogP contribution is -2.34. The summed E-state index contributed by atoms with van der Waals surface area (Å²) in [5.41, 5.74) is 5.67. The Morgan fingerprint density at radius 1 is 1.27 bits per heavy atom. The molecule has 0 aliphatic rings. The van der Waals surface area contributed by atoms with Crippen molar-refractivity contribution >= 4 is 22.6 Å². The number of halogens is 1. The lowest BCUT2D eigenvalue weighted by molar-refractivity contribution is 0.0557. The van der Waals surface area contributed by atoms with Crippen LogP contribution in [0.5, 0.6) is 0 Å². The summed E-state index contributed by atoms with van der Waals surface area (Å²) in [6.45, 7) is 8.83. The fourth-order valence-corrected chi connectivity index (χ4v) is 0.777. The molecular formula is C8H18INO. The van der Waals surface area contributed by atoms with Crippen molar-refractivity contribution < 1.29 is 4.74 Å². The summed E-state index contributed by atoms with van der Waals surface area (Å²) in [5, 5.41) is 0. The minimum Gasteiger partial charge on any atom is -0.365 e. The van der Waals surface area contributed by atoms with Crippen LogP contribution in [-0.2, 0) is 4.74 Å². The Labute approximate surface area is 83.0 Å². The van der Waals surface area contributed by atoms with Crippen molar-refractivity contribution in [3.8, 4) is 0 Å². The molecule has 0 aromatic heterocycles. The summed E-state index contributed by atoms with van der Waals surface area (Å²) in [6.07, 6.45) is 0.902. The predicted octanol–water partition coefficient (Wildman–Crippen LogP) is 2.30. The highest BCUT2D eigenvalue weighted by Gasteiger charge is 2.15. The van der Waals surface area contributed by atoms with Gasteiger partial charge in [-0.05, 0) is 56.7 Å². The van der Waals surface area contributed by atoms with Crippen LogP contribution in [-0.4, -0.2) is 15.8 Å². The molecule has 0 bridgehead atoms. The van der Waals surface area contributed by atoms with E-state index in [4.69, 9.17) is 10.5 Å². The highest BCUT2D eigenvalue weighted by Crippen LogP contribution is 2.19. The molecule has 0 heterocycles. The topological polar surface area (TPSA) is 35.2 Å². The molecule has 0 aromatic carbocycles. The Morgan fingerprint density at radius 3 is 2.00 bits per heavy atom. The third-order valence-electron chi connectivity index (χ3n) is 1.19. The lowest BCUT2D eigenvalue weighted by atomic mass is 10.0. The van der Waals surface area contributed by atoms with Crippen LogP contribution in [0.4, 0.5) is 0 Å². The van der Waals surface area contributed by atoms with Crippen LogP contribution in [0.25, 0.3) is 0 Å². The summed E-state index contributed by atoms with van der Waals surface area (Å²) in [4.78, 5) is 0. The highest BCUT2D eigenvalue weighted by atomic mass is 127. The predicted molar refractivity (Wildman–Crippen MR) is 56.9 cm³/mol. The molecule has 0 aromatic rings. The quantitative estimate of drug-likeness (QED) is 0.629. The van der Waals surface area contributed by atoms with E-state index in [0.29, 0.717) is 0 Å². The molecule has 0 rings (SSSR count). The number of hydrogen-bond donors (Lipinski definition) is 1. The van der Waals surface area contributed by atoms with Crippen molar-refractivity contribution in [2.45, 2.75) is 43.3 Å². The van der Waals surface area contributed by atoms with Crippen LogP contribution in [0, 0.1) is 0 Å². The molecule has 3 heteroatoms. The Balaban J connectivity index is 3.44. The first-order valence-corrected chi connectivity index (χ1v) is 4.90. The van der Waals surface area contributed by atoms with E-state index < -0.39 is 0 Å². The summed E-state index contributed by atoms with van der Waals surface area (Å²) in [5.74, 6) is 0. The van der Waals surface area contributed by atoms with Crippen LogP contribution < -0.4 is 5.73 Å². The molecule has 0 atom stereocenters. The first kappa shape index (κ1) is 11.6. The maximum Gasteiger partial charge on any atom is 0.113 e. The molecule has 0 saturated heterocycles. The van der Waals surface area contributed by atoms with E-state index in [9.17, 15) is 0 Å². The van der Waals surface area contributed by atoms with E-state index in [-0.39, 0.29) is 9.15 Å². The lowest BCUT2D eigenvalue weighted by Gasteiger charge is -2.22. The second-order valence-corrected chi connectivity index (χ2v) is 6.55. The maximum absolute atomic E-state index is 5.78. The van der Waals surface area contributed by atoms with E-state index in [1.807, 2.05) is 27.7 Å². The minimum atomic E-state index is -0.109. The van der Waals surface area contributed by atoms with Gasteiger partial charge in [-0.3, -0.25) is 0 Å². The first-order chi connectivity index (χ1) is 4.71. The Kier molecular flexibility index (Phi) is 4.29. The fraction of sp³-hybridized carbons (Fsp3) is 1.00. The molecule has 2 nitrogen and oxygen atoms in total. The van der Waals surface area contributed by atoms with Crippen molar-refractivity contribution in [3.05, 3.63) is 0 Å². The maximum atomic E-state index is 5.78. The van der Waals surface area contributed by atoms with Gasteiger partial charge in [0.05, 0.1) is 6.61 Å². The second kappa shape index (κ2) is 4.05. The van der Waals surface area contributed by atoms with Crippen LogP contribution in [0.3, 0.4) is 0 Å². The molecular weight excluding hydrogens is 253 g/mol. The van der Waals surface area contributed by atoms with E-state index >= 15 is 0 Å². The summed E-state index contributed by atoms with van der Waals surface area (Å²) < 4.78 is 5.45. The van der Waals surface area contributed by atoms with Crippen LogP contribution in [0.2, 0.25) is 0 Å². The molecule has 0 aliphatic heterocycles. The molecule has 0 aliphatic carbocycles. The zero-order chi connectivity index (χ0) is 9.12. The van der Waals surface area contributed by atoms with E-state index in [2.05, 4.69) is 22.6 Å². The normalized spacial score (nSPS) is 13.6. The van der Waals surface area contributed by atoms with Crippen LogP contribution in [0.15, 0.2) is 0 Å². The van der Waals surface area contributed by atoms with Crippen molar-refractivity contribution in [1.29, 1.82) is 0 Å². The number of rotatable bonds is 4. The third-order valence-corrected chi connectivity index (χ3v) is 1.50. The molecule has 2 N–H and O–H groups in total. The number of hydrogen-bond acceptors (Lipinski definition) is 2. The largest absolute Gasteiger partial charge is 0.365 e. The Bertz CT molecular complexity index is 98.2. The second-order valence-electron chi connectivity index (χ2n) is 3.95. The van der Waals surface area contributed by atoms with Gasteiger partial charge in [0, 0.05) is 5.54 Å². The Morgan fingerprint density at radius 2 is 1.73 bits per heavy atom. The molecule has 11 heavy (non-hydrogen) atoms. The van der Waals surface area contributed by atoms with Gasteiger partial charge >= 0.3 is 0 Å². The van der Waals surface area contributed by atoms with Gasteiger partial charge in [-0.15, -0.1) is 0 Å². The molecule has 0 saturated carbocycles. The molecule has 68 valence electrons. The first-order valence-electron chi connectivity index (χ1n) is 3.82. The molecule has 0 unspecified atom stereocenters. The van der Waals surface area contributed by atoms with Gasteiger partial charge < -0.3 is 10.5 Å². The van der Waals surface area contributed by atoms with E-state index in [0.717, 1.165) is 13.0 Å². The molecule has 0 amide bonds. The SMILES string of the molecule is CC(C)(N)CCOC(C)(C)I. The monoisotopic (exact) mass is 271 g/mol. The number of ether oxygens (including phenoxy) is 1. The van der Waals surface area contributed by atoms with E-state index in [1.165, 1.54) is 0 Å². The smallest absolute Gasteiger partial charge is 0.113 e. The van der Waals surface area contributed by atoms with Gasteiger partial charge in [-0.1, -0.05) is 0 Å². The van der Waals surface area contributed by atoms with Crippen molar-refractivity contribution in [2.24, 2.45) is 5.73 Å². The van der Waals surface area contributed by atoms with Gasteiger partial charge in [0.25, 0.3) is 0 Å². The summed E-state index contributed by atoms with van der Waals surface area (Å²) >= 11 is 2.27. The Hall–Kier alpha value is 0.650. The number of nitrogens with two attached hydrogens (primary N) is 1. The van der Waals surface area contributed by atoms with Gasteiger partial charge in [0.2, 0.25) is 0 Å². The van der Waals surface area contributed by atoms with Crippen molar-refractivity contribution in [3.63, 3.8) is 0 Å². The highest BCUT2D eigenvalue weighted by molar-refractivity contribution is 14.1. The van der Waals surface area contributed by atoms with Crippen LogP contribution >= 0.6 is 22.6 Å². The average molecular weight is 271 g/mol. The molecule has 0 spiro atoms. The fourth-order valence-electron chi connectivity index (χ4n) is 0.557. The van der Waals surface area contributed by atoms with Crippen LogP contribution in [0.1, 0.15) is 34.1 Å². The zero-order valence-corrected chi connectivity index (χ0v) is 9.94. The van der Waals surface area contributed by atoms with Crippen molar-refractivity contribution in [1.82, 2.24) is 0 Å². The zero-order valence-electron chi connectivity index (χ0n) is 7.78. The average Bonchev–Trinajstić information content (AvgIpc) is 1.55. The van der Waals surface area contributed by atoms with Gasteiger partial charge in [0.1, 0.15) is 3.61 Å². The van der Waals surface area contributed by atoms with E-state index in [1.54, 1.807) is 0 Å². The summed E-state index contributed by atoms with van der Waals surface area (Å²) in [7, 11) is 0. The van der Waals surface area contributed by atoms with Crippen molar-refractivity contribution in [2.75, 3.05) is 6.61 Å². The van der Waals surface area contributed by atoms with Gasteiger partial charge in [0.15, 0.2) is 0 Å². The molecule has 0 radical (unpaired) electrons. The number of alkyl halides is 1. The van der Waals surface area contributed by atoms with Gasteiger partial charge in [-0.25, -0.2) is 0 Å².